The molecule has 21 heavy (non-hydrogen) atoms. The third-order valence-corrected chi connectivity index (χ3v) is 4.61. The van der Waals surface area contributed by atoms with Gasteiger partial charge in [0, 0.05) is 10.7 Å². The van der Waals surface area contributed by atoms with Gasteiger partial charge in [0.05, 0.1) is 14.9 Å². The van der Waals surface area contributed by atoms with Crippen molar-refractivity contribution < 1.29 is 13.2 Å². The number of aryl methyl sites for hydroxylation is 1. The molecule has 0 fully saturated rings. The van der Waals surface area contributed by atoms with Crippen LogP contribution in [0.5, 0.6) is 5.75 Å². The van der Waals surface area contributed by atoms with Gasteiger partial charge in [0.2, 0.25) is 0 Å². The first-order chi connectivity index (χ1) is 9.77. The maximum Gasteiger partial charge on any atom is 0.261 e. The Morgan fingerprint density at radius 1 is 1.10 bits per heavy atom. The Labute approximate surface area is 137 Å². The summed E-state index contributed by atoms with van der Waals surface area (Å²) in [5, 5.41) is 0.184. The monoisotopic (exact) mass is 364 g/mol. The summed E-state index contributed by atoms with van der Waals surface area (Å²) in [6, 6.07) is 10.2. The van der Waals surface area contributed by atoms with Gasteiger partial charge in [-0.2, -0.15) is 0 Å². The maximum atomic E-state index is 11.3. The first-order valence-corrected chi connectivity index (χ1v) is 8.96. The van der Waals surface area contributed by atoms with Crippen LogP contribution in [-0.4, -0.2) is 8.42 Å². The lowest BCUT2D eigenvalue weighted by molar-refractivity contribution is 0.306. The lowest BCUT2D eigenvalue weighted by Gasteiger charge is -2.11. The summed E-state index contributed by atoms with van der Waals surface area (Å²) in [5.41, 5.74) is 2.06. The van der Waals surface area contributed by atoms with E-state index in [9.17, 15) is 8.42 Å². The normalized spacial score (nSPS) is 11.4. The van der Waals surface area contributed by atoms with Gasteiger partial charge in [0.15, 0.2) is 5.75 Å². The number of rotatable bonds is 4. The summed E-state index contributed by atoms with van der Waals surface area (Å²) >= 11 is 12.0. The fraction of sp³-hybridized carbons (Fsp3) is 0.143. The van der Waals surface area contributed by atoms with Gasteiger partial charge < -0.3 is 4.74 Å². The smallest absolute Gasteiger partial charge is 0.261 e. The SMILES string of the molecule is Cc1cccc(COc2c(Cl)cc(S(=O)(=O)Cl)cc2Cl)c1. The molecular weight excluding hydrogens is 355 g/mol. The summed E-state index contributed by atoms with van der Waals surface area (Å²) in [4.78, 5) is -0.165. The average Bonchev–Trinajstić information content (AvgIpc) is 2.36. The molecule has 2 aromatic carbocycles. The van der Waals surface area contributed by atoms with E-state index in [1.807, 2.05) is 31.2 Å². The van der Waals surface area contributed by atoms with Gasteiger partial charge in [-0.05, 0) is 24.6 Å². The Morgan fingerprint density at radius 3 is 2.24 bits per heavy atom. The number of ether oxygens (including phenoxy) is 1. The summed E-state index contributed by atoms with van der Waals surface area (Å²) in [7, 11) is 1.37. The molecule has 0 bridgehead atoms. The molecule has 0 radical (unpaired) electrons. The minimum Gasteiger partial charge on any atom is -0.486 e. The van der Waals surface area contributed by atoms with E-state index >= 15 is 0 Å². The van der Waals surface area contributed by atoms with E-state index in [0.717, 1.165) is 11.1 Å². The lowest BCUT2D eigenvalue weighted by Crippen LogP contribution is -1.99. The van der Waals surface area contributed by atoms with E-state index in [0.29, 0.717) is 0 Å². The second-order valence-corrected chi connectivity index (χ2v) is 7.81. The molecule has 0 spiro atoms. The van der Waals surface area contributed by atoms with Crippen LogP contribution in [-0.2, 0) is 15.7 Å². The highest BCUT2D eigenvalue weighted by Gasteiger charge is 2.17. The highest BCUT2D eigenvalue weighted by molar-refractivity contribution is 8.13. The third-order valence-electron chi connectivity index (χ3n) is 2.72. The van der Waals surface area contributed by atoms with E-state index in [4.69, 9.17) is 38.6 Å². The van der Waals surface area contributed by atoms with Crippen LogP contribution in [0.1, 0.15) is 11.1 Å². The molecular formula is C14H11Cl3O3S. The van der Waals surface area contributed by atoms with Crippen LogP contribution in [0.15, 0.2) is 41.3 Å². The largest absolute Gasteiger partial charge is 0.486 e. The lowest BCUT2D eigenvalue weighted by atomic mass is 10.1. The molecule has 0 atom stereocenters. The number of hydrogen-bond donors (Lipinski definition) is 0. The Balaban J connectivity index is 2.25. The van der Waals surface area contributed by atoms with Crippen molar-refractivity contribution in [3.63, 3.8) is 0 Å². The van der Waals surface area contributed by atoms with E-state index in [-0.39, 0.29) is 27.3 Å². The van der Waals surface area contributed by atoms with Gasteiger partial charge >= 0.3 is 0 Å². The molecule has 0 N–H and O–H groups in total. The molecule has 3 nitrogen and oxygen atoms in total. The molecule has 0 aromatic heterocycles. The highest BCUT2D eigenvalue weighted by Crippen LogP contribution is 2.36. The molecule has 0 aliphatic rings. The average molecular weight is 366 g/mol. The predicted octanol–water partition coefficient (Wildman–Crippen LogP) is 4.81. The van der Waals surface area contributed by atoms with Crippen molar-refractivity contribution in [1.29, 1.82) is 0 Å². The predicted molar refractivity (Wildman–Crippen MR) is 85.0 cm³/mol. The Hall–Kier alpha value is -0.940. The Morgan fingerprint density at radius 2 is 1.71 bits per heavy atom. The van der Waals surface area contributed by atoms with E-state index in [2.05, 4.69) is 0 Å². The summed E-state index contributed by atoms with van der Waals surface area (Å²) in [6.07, 6.45) is 0. The third kappa shape index (κ3) is 4.27. The number of benzene rings is 2. The van der Waals surface area contributed by atoms with Gasteiger partial charge in [-0.15, -0.1) is 0 Å². The minimum atomic E-state index is -3.89. The first kappa shape index (κ1) is 16.4. The van der Waals surface area contributed by atoms with Gasteiger partial charge in [-0.25, -0.2) is 8.42 Å². The fourth-order valence-electron chi connectivity index (χ4n) is 1.77. The van der Waals surface area contributed by atoms with Crippen LogP contribution < -0.4 is 4.74 Å². The van der Waals surface area contributed by atoms with Crippen LogP contribution in [0, 0.1) is 6.92 Å². The Bertz CT molecular complexity index is 750. The molecule has 0 unspecified atom stereocenters. The molecule has 0 aliphatic heterocycles. The van der Waals surface area contributed by atoms with E-state index in [1.54, 1.807) is 0 Å². The molecule has 0 aliphatic carbocycles. The minimum absolute atomic E-state index is 0.0920. The number of halogens is 3. The quantitative estimate of drug-likeness (QED) is 0.730. The van der Waals surface area contributed by atoms with Crippen molar-refractivity contribution in [3.8, 4) is 5.75 Å². The van der Waals surface area contributed by atoms with Crippen molar-refractivity contribution in [3.05, 3.63) is 57.6 Å². The van der Waals surface area contributed by atoms with Gasteiger partial charge in [-0.1, -0.05) is 53.0 Å². The molecule has 112 valence electrons. The second kappa shape index (κ2) is 6.44. The topological polar surface area (TPSA) is 43.4 Å². The van der Waals surface area contributed by atoms with Gasteiger partial charge in [0.1, 0.15) is 6.61 Å². The molecule has 0 amide bonds. The van der Waals surface area contributed by atoms with Crippen LogP contribution in [0.2, 0.25) is 10.0 Å². The van der Waals surface area contributed by atoms with Crippen molar-refractivity contribution >= 4 is 42.9 Å². The standard InChI is InChI=1S/C14H11Cl3O3S/c1-9-3-2-4-10(5-9)8-20-14-12(15)6-11(7-13(14)16)21(17,18)19/h2-7H,8H2,1H3. The van der Waals surface area contributed by atoms with Gasteiger partial charge in [0.25, 0.3) is 9.05 Å². The first-order valence-electron chi connectivity index (χ1n) is 5.89. The van der Waals surface area contributed by atoms with E-state index < -0.39 is 9.05 Å². The van der Waals surface area contributed by atoms with E-state index in [1.165, 1.54) is 12.1 Å². The van der Waals surface area contributed by atoms with Crippen LogP contribution >= 0.6 is 33.9 Å². The van der Waals surface area contributed by atoms with Crippen LogP contribution in [0.4, 0.5) is 0 Å². The molecule has 0 heterocycles. The second-order valence-electron chi connectivity index (χ2n) is 4.43. The van der Waals surface area contributed by atoms with Crippen molar-refractivity contribution in [2.45, 2.75) is 18.4 Å². The van der Waals surface area contributed by atoms with Gasteiger partial charge in [-0.3, -0.25) is 0 Å². The zero-order valence-electron chi connectivity index (χ0n) is 10.9. The highest BCUT2D eigenvalue weighted by atomic mass is 35.7. The summed E-state index contributed by atoms with van der Waals surface area (Å²) < 4.78 is 28.1. The summed E-state index contributed by atoms with van der Waals surface area (Å²) in [6.45, 7) is 2.25. The molecule has 0 saturated carbocycles. The van der Waals surface area contributed by atoms with Crippen LogP contribution in [0.3, 0.4) is 0 Å². The zero-order chi connectivity index (χ0) is 15.6. The van der Waals surface area contributed by atoms with Crippen molar-refractivity contribution in [2.24, 2.45) is 0 Å². The molecule has 2 rings (SSSR count). The number of hydrogen-bond acceptors (Lipinski definition) is 3. The molecule has 2 aromatic rings. The Kier molecular flexibility index (Phi) is 5.04. The summed E-state index contributed by atoms with van der Waals surface area (Å²) in [5.74, 6) is 0.226. The maximum absolute atomic E-state index is 11.3. The van der Waals surface area contributed by atoms with Crippen LogP contribution in [0.25, 0.3) is 0 Å². The zero-order valence-corrected chi connectivity index (χ0v) is 14.0. The molecule has 7 heteroatoms. The molecule has 0 saturated heterocycles. The fourth-order valence-corrected chi connectivity index (χ4v) is 3.28. The van der Waals surface area contributed by atoms with Crippen molar-refractivity contribution in [2.75, 3.05) is 0 Å². The van der Waals surface area contributed by atoms with Crippen molar-refractivity contribution in [1.82, 2.24) is 0 Å².